The quantitative estimate of drug-likeness (QED) is 0.887. The largest absolute Gasteiger partial charge is 0.412 e. The average molecular weight is 260 g/mol. The highest BCUT2D eigenvalue weighted by atomic mass is 16.6. The van der Waals surface area contributed by atoms with Crippen LogP contribution in [0.15, 0.2) is 30.3 Å². The van der Waals surface area contributed by atoms with Gasteiger partial charge < -0.3 is 15.0 Å². The molecule has 1 aromatic carbocycles. The minimum atomic E-state index is -0.331. The van der Waals surface area contributed by atoms with Crippen molar-refractivity contribution in [3.05, 3.63) is 30.3 Å². The normalized spacial score (nSPS) is 26.7. The van der Waals surface area contributed by atoms with Crippen LogP contribution in [0.3, 0.4) is 0 Å². The Balaban J connectivity index is 1.50. The molecule has 0 saturated carbocycles. The summed E-state index contributed by atoms with van der Waals surface area (Å²) in [5.41, 5.74) is 0. The fourth-order valence-corrected chi connectivity index (χ4v) is 3.15. The Morgan fingerprint density at radius 2 is 2.05 bits per heavy atom. The SMILES string of the molecule is O=C(NC1CCN2CCCC2C1)Oc1ccccc1. The van der Waals surface area contributed by atoms with Crippen LogP contribution in [0.1, 0.15) is 25.7 Å². The first-order valence-corrected chi connectivity index (χ1v) is 7.09. The van der Waals surface area contributed by atoms with E-state index in [0.717, 1.165) is 19.4 Å². The molecule has 2 aliphatic heterocycles. The Morgan fingerprint density at radius 3 is 2.89 bits per heavy atom. The third-order valence-corrected chi connectivity index (χ3v) is 4.10. The van der Waals surface area contributed by atoms with E-state index in [2.05, 4.69) is 10.2 Å². The van der Waals surface area contributed by atoms with Gasteiger partial charge in [-0.2, -0.15) is 0 Å². The number of ether oxygens (including phenoxy) is 1. The molecule has 2 aliphatic rings. The van der Waals surface area contributed by atoms with Crippen molar-refractivity contribution in [1.82, 2.24) is 10.2 Å². The van der Waals surface area contributed by atoms with Gasteiger partial charge in [0, 0.05) is 18.6 Å². The van der Waals surface area contributed by atoms with Gasteiger partial charge in [0.2, 0.25) is 0 Å². The Morgan fingerprint density at radius 1 is 1.21 bits per heavy atom. The summed E-state index contributed by atoms with van der Waals surface area (Å²) in [7, 11) is 0. The third-order valence-electron chi connectivity index (χ3n) is 4.10. The van der Waals surface area contributed by atoms with Crippen molar-refractivity contribution in [1.29, 1.82) is 0 Å². The molecule has 2 saturated heterocycles. The van der Waals surface area contributed by atoms with Crippen molar-refractivity contribution in [2.45, 2.75) is 37.8 Å². The Hall–Kier alpha value is -1.55. The Labute approximate surface area is 113 Å². The minimum Gasteiger partial charge on any atom is -0.410 e. The summed E-state index contributed by atoms with van der Waals surface area (Å²) in [6.07, 6.45) is 4.32. The molecule has 2 fully saturated rings. The maximum absolute atomic E-state index is 11.8. The second-order valence-corrected chi connectivity index (χ2v) is 5.40. The lowest BCUT2D eigenvalue weighted by atomic mass is 9.98. The van der Waals surface area contributed by atoms with Gasteiger partial charge in [-0.25, -0.2) is 4.79 Å². The summed E-state index contributed by atoms with van der Waals surface area (Å²) in [5.74, 6) is 0.596. The highest BCUT2D eigenvalue weighted by molar-refractivity contribution is 5.70. The number of hydrogen-bond donors (Lipinski definition) is 1. The molecular weight excluding hydrogens is 240 g/mol. The van der Waals surface area contributed by atoms with Crippen LogP contribution < -0.4 is 10.1 Å². The van der Waals surface area contributed by atoms with Crippen LogP contribution in [0.25, 0.3) is 0 Å². The van der Waals surface area contributed by atoms with Gasteiger partial charge in [-0.1, -0.05) is 18.2 Å². The number of fused-ring (bicyclic) bond motifs is 1. The molecule has 0 spiro atoms. The molecule has 1 N–H and O–H groups in total. The zero-order chi connectivity index (χ0) is 13.1. The second kappa shape index (κ2) is 5.61. The van der Waals surface area contributed by atoms with E-state index in [1.54, 1.807) is 12.1 Å². The Bertz CT molecular complexity index is 435. The van der Waals surface area contributed by atoms with E-state index in [0.29, 0.717) is 11.8 Å². The summed E-state index contributed by atoms with van der Waals surface area (Å²) in [6.45, 7) is 2.33. The highest BCUT2D eigenvalue weighted by Gasteiger charge is 2.32. The molecule has 0 radical (unpaired) electrons. The van der Waals surface area contributed by atoms with Crippen LogP contribution in [0.4, 0.5) is 4.79 Å². The number of hydrogen-bond acceptors (Lipinski definition) is 3. The fraction of sp³-hybridized carbons (Fsp3) is 0.533. The predicted octanol–water partition coefficient (Wildman–Crippen LogP) is 2.40. The second-order valence-electron chi connectivity index (χ2n) is 5.40. The lowest BCUT2D eigenvalue weighted by molar-refractivity contribution is 0.154. The molecule has 2 atom stereocenters. The number of amides is 1. The maximum atomic E-state index is 11.8. The summed E-state index contributed by atoms with van der Waals surface area (Å²) in [5, 5.41) is 2.99. The van der Waals surface area contributed by atoms with E-state index in [1.165, 1.54) is 19.4 Å². The van der Waals surface area contributed by atoms with Gasteiger partial charge in [-0.15, -0.1) is 0 Å². The molecular formula is C15H20N2O2. The molecule has 102 valence electrons. The third kappa shape index (κ3) is 3.07. The number of nitrogens with one attached hydrogen (secondary N) is 1. The summed E-state index contributed by atoms with van der Waals surface area (Å²) in [6, 6.07) is 10.1. The van der Waals surface area contributed by atoms with Crippen molar-refractivity contribution in [2.75, 3.05) is 13.1 Å². The van der Waals surface area contributed by atoms with Gasteiger partial charge in [0.1, 0.15) is 5.75 Å². The predicted molar refractivity (Wildman–Crippen MR) is 73.2 cm³/mol. The van der Waals surface area contributed by atoms with Crippen molar-refractivity contribution >= 4 is 6.09 Å². The van der Waals surface area contributed by atoms with Crippen LogP contribution in [0.5, 0.6) is 5.75 Å². The average Bonchev–Trinajstić information content (AvgIpc) is 2.87. The molecule has 3 rings (SSSR count). The first-order chi connectivity index (χ1) is 9.31. The number of benzene rings is 1. The topological polar surface area (TPSA) is 41.6 Å². The van der Waals surface area contributed by atoms with E-state index in [9.17, 15) is 4.79 Å². The van der Waals surface area contributed by atoms with Crippen molar-refractivity contribution in [3.8, 4) is 5.75 Å². The number of carbonyl (C=O) groups is 1. The first-order valence-electron chi connectivity index (χ1n) is 7.09. The van der Waals surface area contributed by atoms with Crippen molar-refractivity contribution in [2.24, 2.45) is 0 Å². The Kier molecular flexibility index (Phi) is 3.69. The number of para-hydroxylation sites is 1. The van der Waals surface area contributed by atoms with Crippen molar-refractivity contribution in [3.63, 3.8) is 0 Å². The van der Waals surface area contributed by atoms with E-state index in [4.69, 9.17) is 4.74 Å². The summed E-state index contributed by atoms with van der Waals surface area (Å²) < 4.78 is 5.26. The molecule has 4 nitrogen and oxygen atoms in total. The van der Waals surface area contributed by atoms with Gasteiger partial charge in [-0.3, -0.25) is 0 Å². The lowest BCUT2D eigenvalue weighted by Gasteiger charge is -2.34. The zero-order valence-electron chi connectivity index (χ0n) is 11.0. The van der Waals surface area contributed by atoms with Gasteiger partial charge in [0.15, 0.2) is 0 Å². The fourth-order valence-electron chi connectivity index (χ4n) is 3.15. The molecule has 0 bridgehead atoms. The molecule has 0 aliphatic carbocycles. The number of carbonyl (C=O) groups excluding carboxylic acids is 1. The first kappa shape index (κ1) is 12.5. The molecule has 2 heterocycles. The number of piperidine rings is 1. The highest BCUT2D eigenvalue weighted by Crippen LogP contribution is 2.26. The van der Waals surface area contributed by atoms with Crippen molar-refractivity contribution < 1.29 is 9.53 Å². The van der Waals surface area contributed by atoms with Crippen LogP contribution in [-0.2, 0) is 0 Å². The maximum Gasteiger partial charge on any atom is 0.412 e. The summed E-state index contributed by atoms with van der Waals surface area (Å²) in [4.78, 5) is 14.4. The van der Waals surface area contributed by atoms with Crippen LogP contribution in [-0.4, -0.2) is 36.2 Å². The van der Waals surface area contributed by atoms with E-state index >= 15 is 0 Å². The molecule has 0 aromatic heterocycles. The number of rotatable bonds is 2. The molecule has 4 heteroatoms. The smallest absolute Gasteiger partial charge is 0.410 e. The lowest BCUT2D eigenvalue weighted by Crippen LogP contribution is -2.48. The van der Waals surface area contributed by atoms with Gasteiger partial charge in [-0.05, 0) is 44.4 Å². The minimum absolute atomic E-state index is 0.260. The monoisotopic (exact) mass is 260 g/mol. The molecule has 19 heavy (non-hydrogen) atoms. The van der Waals surface area contributed by atoms with E-state index < -0.39 is 0 Å². The number of nitrogens with zero attached hydrogens (tertiary/aromatic N) is 1. The molecule has 1 aromatic rings. The molecule has 1 amide bonds. The molecule has 2 unspecified atom stereocenters. The van der Waals surface area contributed by atoms with Crippen LogP contribution >= 0.6 is 0 Å². The van der Waals surface area contributed by atoms with Gasteiger partial charge in [0.25, 0.3) is 0 Å². The van der Waals surface area contributed by atoms with E-state index in [1.807, 2.05) is 18.2 Å². The van der Waals surface area contributed by atoms with E-state index in [-0.39, 0.29) is 12.1 Å². The van der Waals surface area contributed by atoms with Gasteiger partial charge >= 0.3 is 6.09 Å². The zero-order valence-corrected chi connectivity index (χ0v) is 11.0. The standard InChI is InChI=1S/C15H20N2O2/c18-15(19-14-6-2-1-3-7-14)16-12-8-10-17-9-4-5-13(17)11-12/h1-3,6-7,12-13H,4-5,8-11H2,(H,16,18). The van der Waals surface area contributed by atoms with Crippen LogP contribution in [0, 0.1) is 0 Å². The van der Waals surface area contributed by atoms with Gasteiger partial charge in [0.05, 0.1) is 0 Å². The summed E-state index contributed by atoms with van der Waals surface area (Å²) >= 11 is 0. The van der Waals surface area contributed by atoms with Crippen LogP contribution in [0.2, 0.25) is 0 Å².